The molecule has 0 aliphatic carbocycles. The summed E-state index contributed by atoms with van der Waals surface area (Å²) >= 11 is 7.82. The Morgan fingerprint density at radius 1 is 1.34 bits per heavy atom. The number of piperidine rings is 1. The number of hydrogen-bond donors (Lipinski definition) is 2. The number of benzene rings is 1. The number of methoxy groups -OCH3 is 1. The van der Waals surface area contributed by atoms with Crippen LogP contribution in [0.15, 0.2) is 46.0 Å². The monoisotopic (exact) mass is 583 g/mol. The highest BCUT2D eigenvalue weighted by Crippen LogP contribution is 2.38. The number of aromatic nitrogens is 1. The van der Waals surface area contributed by atoms with Crippen LogP contribution in [0.3, 0.4) is 0 Å². The Bertz CT molecular complexity index is 1370. The van der Waals surface area contributed by atoms with Crippen LogP contribution in [0.4, 0.5) is 4.39 Å². The van der Waals surface area contributed by atoms with E-state index in [1.807, 2.05) is 5.38 Å². The average molecular weight is 584 g/mol. The van der Waals surface area contributed by atoms with E-state index in [0.29, 0.717) is 54.7 Å². The third kappa shape index (κ3) is 5.77. The Labute approximate surface area is 228 Å². The van der Waals surface area contributed by atoms with Crippen LogP contribution >= 0.6 is 22.9 Å². The Balaban J connectivity index is 1.54. The van der Waals surface area contributed by atoms with Gasteiger partial charge in [-0.05, 0) is 25.0 Å². The molecule has 3 aliphatic heterocycles. The summed E-state index contributed by atoms with van der Waals surface area (Å²) in [6, 6.07) is 2.76. The number of morpholine rings is 1. The van der Waals surface area contributed by atoms with Gasteiger partial charge in [0.05, 0.1) is 32.2 Å². The molecule has 2 bridgehead atoms. The van der Waals surface area contributed by atoms with Gasteiger partial charge in [-0.3, -0.25) is 9.89 Å². The minimum absolute atomic E-state index is 0.0787. The highest BCUT2D eigenvalue weighted by molar-refractivity contribution is 7.88. The molecule has 2 saturated heterocycles. The summed E-state index contributed by atoms with van der Waals surface area (Å²) in [7, 11) is -2.06. The Hall–Kier alpha value is -2.42. The van der Waals surface area contributed by atoms with E-state index in [-0.39, 0.29) is 28.7 Å². The predicted octanol–water partition coefficient (Wildman–Crippen LogP) is 2.23. The molecule has 0 saturated carbocycles. The smallest absolute Gasteiger partial charge is 0.338 e. The highest BCUT2D eigenvalue weighted by atomic mass is 35.5. The van der Waals surface area contributed by atoms with E-state index >= 15 is 0 Å². The topological polar surface area (TPSA) is 122 Å². The molecule has 5 rings (SSSR count). The maximum atomic E-state index is 13.9. The summed E-state index contributed by atoms with van der Waals surface area (Å²) in [5, 5.41) is 5.88. The van der Waals surface area contributed by atoms with E-state index < -0.39 is 27.9 Å². The summed E-state index contributed by atoms with van der Waals surface area (Å²) in [6.07, 6.45) is 3.94. The zero-order chi connectivity index (χ0) is 27.0. The van der Waals surface area contributed by atoms with Gasteiger partial charge in [0.15, 0.2) is 10.8 Å². The van der Waals surface area contributed by atoms with Crippen LogP contribution < -0.4 is 10.0 Å². The summed E-state index contributed by atoms with van der Waals surface area (Å²) in [5.74, 6) is -0.628. The molecule has 14 heteroatoms. The van der Waals surface area contributed by atoms with Crippen LogP contribution in [0.5, 0.6) is 0 Å². The molecule has 1 aromatic heterocycles. The van der Waals surface area contributed by atoms with Crippen molar-refractivity contribution in [2.75, 3.05) is 33.1 Å². The molecule has 204 valence electrons. The maximum absolute atomic E-state index is 13.9. The van der Waals surface area contributed by atoms with E-state index in [2.05, 4.69) is 19.9 Å². The number of aliphatic imine (C=N–C) groups is 1. The predicted molar refractivity (Wildman–Crippen MR) is 141 cm³/mol. The minimum Gasteiger partial charge on any atom is -0.466 e. The zero-order valence-electron chi connectivity index (χ0n) is 20.7. The number of halogens is 2. The summed E-state index contributed by atoms with van der Waals surface area (Å²) in [5.41, 5.74) is 1.28. The number of esters is 1. The highest BCUT2D eigenvalue weighted by Gasteiger charge is 2.42. The zero-order valence-corrected chi connectivity index (χ0v) is 23.1. The molecule has 0 spiro atoms. The number of ether oxygens (including phenoxy) is 2. The summed E-state index contributed by atoms with van der Waals surface area (Å²) in [6.45, 7) is 1.19. The quantitative estimate of drug-likeness (QED) is 0.476. The van der Waals surface area contributed by atoms with Crippen molar-refractivity contribution >= 4 is 44.8 Å². The lowest BCUT2D eigenvalue weighted by atomic mass is 9.89. The molecule has 2 aromatic rings. The third-order valence-corrected chi connectivity index (χ3v) is 8.69. The fraction of sp³-hybridized carbons (Fsp3) is 0.458. The second-order valence-corrected chi connectivity index (χ2v) is 12.5. The molecular weight excluding hydrogens is 557 g/mol. The fourth-order valence-corrected chi connectivity index (χ4v) is 6.95. The van der Waals surface area contributed by atoms with E-state index in [4.69, 9.17) is 26.1 Å². The van der Waals surface area contributed by atoms with Crippen molar-refractivity contribution < 1.29 is 27.1 Å². The van der Waals surface area contributed by atoms with E-state index in [1.165, 1.54) is 36.6 Å². The SMILES string of the molecule is COC(=O)C1=C(CN2C3COCC2CC(NS(C)(=O)=O)C3)NC(c2nccs2)=NC1c1ccc(F)cc1Cl. The van der Waals surface area contributed by atoms with Crippen LogP contribution in [0, 0.1) is 5.82 Å². The van der Waals surface area contributed by atoms with Gasteiger partial charge in [0.1, 0.15) is 11.9 Å². The molecule has 10 nitrogen and oxygen atoms in total. The van der Waals surface area contributed by atoms with Crippen molar-refractivity contribution in [3.8, 4) is 0 Å². The molecule has 3 unspecified atom stereocenters. The summed E-state index contributed by atoms with van der Waals surface area (Å²) < 4.78 is 51.3. The number of carbonyl (C=O) groups is 1. The Morgan fingerprint density at radius 3 is 2.68 bits per heavy atom. The van der Waals surface area contributed by atoms with E-state index in [0.717, 1.165) is 6.26 Å². The van der Waals surface area contributed by atoms with Gasteiger partial charge in [-0.25, -0.2) is 27.3 Å². The number of carbonyl (C=O) groups excluding carboxylic acids is 1. The lowest BCUT2D eigenvalue weighted by Gasteiger charge is -2.49. The minimum atomic E-state index is -3.35. The van der Waals surface area contributed by atoms with Gasteiger partial charge >= 0.3 is 5.97 Å². The van der Waals surface area contributed by atoms with Gasteiger partial charge in [-0.2, -0.15) is 0 Å². The number of nitrogens with zero attached hydrogens (tertiary/aromatic N) is 3. The number of rotatable bonds is 7. The largest absolute Gasteiger partial charge is 0.466 e. The number of sulfonamides is 1. The third-order valence-electron chi connectivity index (χ3n) is 6.82. The lowest BCUT2D eigenvalue weighted by molar-refractivity contribution is -0.136. The second-order valence-electron chi connectivity index (χ2n) is 9.47. The average Bonchev–Trinajstić information content (AvgIpc) is 3.38. The molecule has 38 heavy (non-hydrogen) atoms. The van der Waals surface area contributed by atoms with Crippen LogP contribution in [0.25, 0.3) is 0 Å². The van der Waals surface area contributed by atoms with Crippen molar-refractivity contribution in [2.24, 2.45) is 4.99 Å². The Kier molecular flexibility index (Phi) is 7.85. The first-order valence-corrected chi connectivity index (χ1v) is 15.1. The number of hydrogen-bond acceptors (Lipinski definition) is 10. The molecule has 0 amide bonds. The van der Waals surface area contributed by atoms with Gasteiger partial charge in [0, 0.05) is 52.5 Å². The molecule has 4 heterocycles. The van der Waals surface area contributed by atoms with Crippen molar-refractivity contribution in [3.63, 3.8) is 0 Å². The normalized spacial score (nSPS) is 26.1. The van der Waals surface area contributed by atoms with E-state index in [9.17, 15) is 17.6 Å². The number of amidine groups is 1. The molecular formula is C24H27ClFN5O5S2. The lowest BCUT2D eigenvalue weighted by Crippen LogP contribution is -2.61. The van der Waals surface area contributed by atoms with Crippen molar-refractivity contribution in [3.05, 3.63) is 62.5 Å². The van der Waals surface area contributed by atoms with Crippen LogP contribution in [-0.4, -0.2) is 81.4 Å². The van der Waals surface area contributed by atoms with Crippen LogP contribution in [0.1, 0.15) is 29.5 Å². The van der Waals surface area contributed by atoms with Gasteiger partial charge in [-0.15, -0.1) is 11.3 Å². The Morgan fingerprint density at radius 2 is 2.08 bits per heavy atom. The van der Waals surface area contributed by atoms with Gasteiger partial charge in [0.2, 0.25) is 10.0 Å². The first-order valence-electron chi connectivity index (χ1n) is 11.9. The number of thiazole rings is 1. The fourth-order valence-electron chi connectivity index (χ4n) is 5.30. The van der Waals surface area contributed by atoms with Gasteiger partial charge in [-0.1, -0.05) is 17.7 Å². The molecule has 2 N–H and O–H groups in total. The second kappa shape index (κ2) is 11.0. The van der Waals surface area contributed by atoms with E-state index in [1.54, 1.807) is 6.20 Å². The molecule has 3 aliphatic rings. The van der Waals surface area contributed by atoms with Crippen LogP contribution in [-0.2, 0) is 24.3 Å². The van der Waals surface area contributed by atoms with Gasteiger partial charge in [0.25, 0.3) is 0 Å². The first-order chi connectivity index (χ1) is 18.1. The molecule has 3 atom stereocenters. The number of fused-ring (bicyclic) bond motifs is 2. The van der Waals surface area contributed by atoms with Gasteiger partial charge < -0.3 is 14.8 Å². The maximum Gasteiger partial charge on any atom is 0.338 e. The number of nitrogens with one attached hydrogen (secondary N) is 2. The molecule has 0 radical (unpaired) electrons. The molecule has 2 fully saturated rings. The summed E-state index contributed by atoms with van der Waals surface area (Å²) in [4.78, 5) is 24.6. The first kappa shape index (κ1) is 27.2. The molecule has 1 aromatic carbocycles. The van der Waals surface area contributed by atoms with Crippen LogP contribution in [0.2, 0.25) is 5.02 Å². The standard InChI is InChI=1S/C24H27ClFN5O5S2/c1-35-24(32)20-19(10-31-15-8-14(30-38(2,33)34)9-16(31)12-36-11-15)28-22(23-27-5-6-37-23)29-21(20)17-4-3-13(26)7-18(17)25/h3-7,14-16,21,30H,8-12H2,1-2H3,(H,28,29). The van der Waals surface area contributed by atoms with Crippen molar-refractivity contribution in [2.45, 2.75) is 37.0 Å². The van der Waals surface area contributed by atoms with Crippen molar-refractivity contribution in [1.82, 2.24) is 19.9 Å². The van der Waals surface area contributed by atoms with Crippen molar-refractivity contribution in [1.29, 1.82) is 0 Å².